The van der Waals surface area contributed by atoms with Crippen molar-refractivity contribution in [2.24, 2.45) is 4.99 Å². The highest BCUT2D eigenvalue weighted by atomic mass is 79.9. The van der Waals surface area contributed by atoms with Crippen LogP contribution in [0.3, 0.4) is 0 Å². The lowest BCUT2D eigenvalue weighted by Gasteiger charge is -2.13. The predicted molar refractivity (Wildman–Crippen MR) is 130 cm³/mol. The van der Waals surface area contributed by atoms with Crippen molar-refractivity contribution in [3.8, 4) is 17.2 Å². The summed E-state index contributed by atoms with van der Waals surface area (Å²) in [7, 11) is 0. The van der Waals surface area contributed by atoms with Crippen molar-refractivity contribution in [2.75, 3.05) is 19.8 Å². The summed E-state index contributed by atoms with van der Waals surface area (Å²) in [5.74, 6) is 1.75. The normalized spacial score (nSPS) is 14.1. The van der Waals surface area contributed by atoms with Crippen LogP contribution in [0.5, 0.6) is 17.2 Å². The molecule has 1 aliphatic rings. The minimum atomic E-state index is -0.489. The van der Waals surface area contributed by atoms with Crippen LogP contribution in [0.1, 0.15) is 18.1 Å². The van der Waals surface area contributed by atoms with Crippen LogP contribution in [0, 0.1) is 0 Å². The summed E-state index contributed by atoms with van der Waals surface area (Å²) in [5.41, 5.74) is 1.73. The van der Waals surface area contributed by atoms with E-state index in [0.29, 0.717) is 37.2 Å². The minimum Gasteiger partial charge on any atom is -0.490 e. The lowest BCUT2D eigenvalue weighted by atomic mass is 10.1. The average molecular weight is 508 g/mol. The SMILES string of the molecule is CCOc1cc(/C=C2/N=C(c3ccccc3)OC2=O)ccc1OCCOc1ccc(Br)cc1. The number of ether oxygens (including phenoxy) is 4. The summed E-state index contributed by atoms with van der Waals surface area (Å²) in [6, 6.07) is 22.4. The molecule has 0 aromatic heterocycles. The Morgan fingerprint density at radius 2 is 1.67 bits per heavy atom. The number of esters is 1. The molecule has 0 bridgehead atoms. The van der Waals surface area contributed by atoms with Crippen LogP contribution < -0.4 is 14.2 Å². The average Bonchev–Trinajstić information content (AvgIpc) is 3.20. The van der Waals surface area contributed by atoms with Crippen LogP contribution in [0.4, 0.5) is 0 Å². The van der Waals surface area contributed by atoms with Gasteiger partial charge in [-0.1, -0.05) is 40.2 Å². The Kier molecular flexibility index (Phi) is 7.42. The first-order valence-corrected chi connectivity index (χ1v) is 11.3. The molecule has 0 saturated heterocycles. The third kappa shape index (κ3) is 6.02. The van der Waals surface area contributed by atoms with Gasteiger partial charge in [-0.05, 0) is 67.1 Å². The number of rotatable bonds is 9. The van der Waals surface area contributed by atoms with E-state index in [4.69, 9.17) is 18.9 Å². The highest BCUT2D eigenvalue weighted by Gasteiger charge is 2.24. The molecule has 0 aliphatic carbocycles. The molecule has 0 atom stereocenters. The molecule has 168 valence electrons. The number of carbonyl (C=O) groups is 1. The predicted octanol–water partition coefficient (Wildman–Crippen LogP) is 5.65. The number of cyclic esters (lactones) is 1. The van der Waals surface area contributed by atoms with Crippen molar-refractivity contribution >= 4 is 33.9 Å². The van der Waals surface area contributed by atoms with Gasteiger partial charge >= 0.3 is 5.97 Å². The van der Waals surface area contributed by atoms with E-state index < -0.39 is 5.97 Å². The Hall–Kier alpha value is -3.58. The maximum atomic E-state index is 12.3. The molecule has 0 saturated carbocycles. The molecule has 0 fully saturated rings. The molecule has 0 N–H and O–H groups in total. The van der Waals surface area contributed by atoms with E-state index in [1.807, 2.05) is 73.7 Å². The zero-order valence-electron chi connectivity index (χ0n) is 18.0. The van der Waals surface area contributed by atoms with Gasteiger partial charge in [0.2, 0.25) is 5.90 Å². The van der Waals surface area contributed by atoms with E-state index in [1.165, 1.54) is 0 Å². The van der Waals surface area contributed by atoms with Gasteiger partial charge < -0.3 is 18.9 Å². The maximum absolute atomic E-state index is 12.3. The Balaban J connectivity index is 1.43. The van der Waals surface area contributed by atoms with Crippen molar-refractivity contribution < 1.29 is 23.7 Å². The molecule has 4 rings (SSSR count). The van der Waals surface area contributed by atoms with Gasteiger partial charge in [0.05, 0.1) is 6.61 Å². The fraction of sp³-hybridized carbons (Fsp3) is 0.154. The van der Waals surface area contributed by atoms with E-state index in [1.54, 1.807) is 12.1 Å². The third-order valence-corrected chi connectivity index (χ3v) is 5.16. The van der Waals surface area contributed by atoms with Gasteiger partial charge in [-0.3, -0.25) is 0 Å². The third-order valence-electron chi connectivity index (χ3n) is 4.64. The lowest BCUT2D eigenvalue weighted by Crippen LogP contribution is -2.10. The molecule has 1 heterocycles. The van der Waals surface area contributed by atoms with Crippen molar-refractivity contribution in [3.05, 3.63) is 94.1 Å². The Morgan fingerprint density at radius 3 is 2.42 bits per heavy atom. The number of benzene rings is 3. The fourth-order valence-corrected chi connectivity index (χ4v) is 3.38. The van der Waals surface area contributed by atoms with Crippen molar-refractivity contribution in [2.45, 2.75) is 6.92 Å². The van der Waals surface area contributed by atoms with Crippen LogP contribution in [-0.4, -0.2) is 31.7 Å². The van der Waals surface area contributed by atoms with Crippen LogP contribution in [0.25, 0.3) is 6.08 Å². The van der Waals surface area contributed by atoms with Crippen molar-refractivity contribution in [3.63, 3.8) is 0 Å². The second-order valence-corrected chi connectivity index (χ2v) is 7.91. The number of halogens is 1. The molecule has 0 spiro atoms. The number of hydrogen-bond acceptors (Lipinski definition) is 6. The Bertz CT molecular complexity index is 1170. The van der Waals surface area contributed by atoms with Gasteiger partial charge in [-0.25, -0.2) is 9.79 Å². The van der Waals surface area contributed by atoms with Crippen molar-refractivity contribution in [1.29, 1.82) is 0 Å². The highest BCUT2D eigenvalue weighted by molar-refractivity contribution is 9.10. The van der Waals surface area contributed by atoms with E-state index in [9.17, 15) is 4.79 Å². The quantitative estimate of drug-likeness (QED) is 0.212. The van der Waals surface area contributed by atoms with Crippen LogP contribution in [-0.2, 0) is 9.53 Å². The number of carbonyl (C=O) groups excluding carboxylic acids is 1. The maximum Gasteiger partial charge on any atom is 0.363 e. The van der Waals surface area contributed by atoms with E-state index in [2.05, 4.69) is 20.9 Å². The van der Waals surface area contributed by atoms with Gasteiger partial charge in [0.15, 0.2) is 17.2 Å². The molecule has 0 amide bonds. The molecule has 1 aliphatic heterocycles. The zero-order valence-corrected chi connectivity index (χ0v) is 19.6. The molecule has 0 radical (unpaired) electrons. The van der Waals surface area contributed by atoms with Crippen molar-refractivity contribution in [1.82, 2.24) is 0 Å². The second-order valence-electron chi connectivity index (χ2n) is 6.99. The topological polar surface area (TPSA) is 66.4 Å². The van der Waals surface area contributed by atoms with Gasteiger partial charge in [0, 0.05) is 10.0 Å². The fourth-order valence-electron chi connectivity index (χ4n) is 3.12. The monoisotopic (exact) mass is 507 g/mol. The second kappa shape index (κ2) is 10.8. The van der Waals surface area contributed by atoms with E-state index >= 15 is 0 Å². The molecular weight excluding hydrogens is 486 g/mol. The van der Waals surface area contributed by atoms with Gasteiger partial charge in [0.25, 0.3) is 0 Å². The van der Waals surface area contributed by atoms with Crippen LogP contribution in [0.2, 0.25) is 0 Å². The summed E-state index contributed by atoms with van der Waals surface area (Å²) in [5, 5.41) is 0. The molecule has 3 aromatic rings. The summed E-state index contributed by atoms with van der Waals surface area (Å²) >= 11 is 3.40. The number of aliphatic imine (C=N–C) groups is 1. The first kappa shape index (κ1) is 22.6. The summed E-state index contributed by atoms with van der Waals surface area (Å²) in [6.45, 7) is 3.12. The first-order valence-electron chi connectivity index (χ1n) is 10.5. The molecular formula is C26H22BrNO5. The van der Waals surface area contributed by atoms with E-state index in [-0.39, 0.29) is 5.70 Å². The number of nitrogens with zero attached hydrogens (tertiary/aromatic N) is 1. The van der Waals surface area contributed by atoms with Gasteiger partial charge in [-0.2, -0.15) is 0 Å². The first-order chi connectivity index (χ1) is 16.1. The molecule has 6 nitrogen and oxygen atoms in total. The Morgan fingerprint density at radius 1 is 0.909 bits per heavy atom. The summed E-state index contributed by atoms with van der Waals surface area (Å²) < 4.78 is 23.6. The van der Waals surface area contributed by atoms with Crippen LogP contribution in [0.15, 0.2) is 88.0 Å². The zero-order chi connectivity index (χ0) is 23.0. The van der Waals surface area contributed by atoms with E-state index in [0.717, 1.165) is 21.3 Å². The van der Waals surface area contributed by atoms with Gasteiger partial charge in [-0.15, -0.1) is 0 Å². The Labute approximate surface area is 200 Å². The highest BCUT2D eigenvalue weighted by Crippen LogP contribution is 2.30. The number of hydrogen-bond donors (Lipinski definition) is 0. The van der Waals surface area contributed by atoms with Gasteiger partial charge in [0.1, 0.15) is 19.0 Å². The molecule has 7 heteroatoms. The smallest absolute Gasteiger partial charge is 0.363 e. The largest absolute Gasteiger partial charge is 0.490 e. The summed E-state index contributed by atoms with van der Waals surface area (Å²) in [6.07, 6.45) is 1.67. The molecule has 33 heavy (non-hydrogen) atoms. The lowest BCUT2D eigenvalue weighted by molar-refractivity contribution is -0.129. The minimum absolute atomic E-state index is 0.230. The van der Waals surface area contributed by atoms with Crippen LogP contribution >= 0.6 is 15.9 Å². The molecule has 3 aromatic carbocycles. The summed E-state index contributed by atoms with van der Waals surface area (Å²) in [4.78, 5) is 16.6. The molecule has 0 unspecified atom stereocenters. The standard InChI is InChI=1S/C26H22BrNO5/c1-2-30-24-17-18(16-22-26(29)33-25(28-22)19-6-4-3-5-7-19)8-13-23(24)32-15-14-31-21-11-9-20(27)10-12-21/h3-13,16-17H,2,14-15H2,1H3/b22-16+.